The van der Waals surface area contributed by atoms with Gasteiger partial charge in [0.1, 0.15) is 11.9 Å². The average molecular weight is 437 g/mol. The normalized spacial score (nSPS) is 17.1. The number of aryl methyl sites for hydroxylation is 2. The number of imidazole rings is 1. The van der Waals surface area contributed by atoms with Crippen molar-refractivity contribution in [1.29, 1.82) is 0 Å². The van der Waals surface area contributed by atoms with Crippen molar-refractivity contribution < 1.29 is 9.59 Å². The van der Waals surface area contributed by atoms with Gasteiger partial charge in [-0.25, -0.2) is 4.98 Å². The lowest BCUT2D eigenvalue weighted by Gasteiger charge is -2.21. The van der Waals surface area contributed by atoms with Crippen LogP contribution < -0.4 is 5.32 Å². The van der Waals surface area contributed by atoms with E-state index < -0.39 is 12.0 Å². The molecule has 0 aliphatic carbocycles. The molecule has 1 aliphatic rings. The first-order chi connectivity index (χ1) is 14.9. The zero-order chi connectivity index (χ0) is 22.0. The fraction of sp³-hybridized carbons (Fsp3) is 0.292. The van der Waals surface area contributed by atoms with Gasteiger partial charge >= 0.3 is 0 Å². The number of amides is 2. The summed E-state index contributed by atoms with van der Waals surface area (Å²) in [7, 11) is 1.89. The smallest absolute Gasteiger partial charge is 0.226 e. The minimum atomic E-state index is -0.425. The molecule has 31 heavy (non-hydrogen) atoms. The van der Waals surface area contributed by atoms with Crippen molar-refractivity contribution in [3.8, 4) is 0 Å². The third kappa shape index (κ3) is 4.80. The molecule has 7 heteroatoms. The van der Waals surface area contributed by atoms with E-state index in [0.717, 1.165) is 17.0 Å². The van der Waals surface area contributed by atoms with Crippen LogP contribution in [0.15, 0.2) is 60.9 Å². The molecule has 0 bridgehead atoms. The number of carbonyl (C=O) groups is 2. The molecule has 1 aromatic heterocycles. The number of hydrogen-bond acceptors (Lipinski definition) is 3. The van der Waals surface area contributed by atoms with E-state index in [9.17, 15) is 9.59 Å². The first-order valence-electron chi connectivity index (χ1n) is 10.3. The summed E-state index contributed by atoms with van der Waals surface area (Å²) in [6, 6.07) is 15.0. The van der Waals surface area contributed by atoms with Crippen molar-refractivity contribution in [2.75, 3.05) is 6.54 Å². The second-order valence-electron chi connectivity index (χ2n) is 8.05. The minimum absolute atomic E-state index is 0.000703. The molecule has 4 rings (SSSR count). The second-order valence-corrected chi connectivity index (χ2v) is 8.49. The Labute approximate surface area is 186 Å². The lowest BCUT2D eigenvalue weighted by molar-refractivity contribution is -0.129. The lowest BCUT2D eigenvalue weighted by Crippen LogP contribution is -2.37. The summed E-state index contributed by atoms with van der Waals surface area (Å²) in [5.41, 5.74) is 3.12. The average Bonchev–Trinajstić information content (AvgIpc) is 3.34. The van der Waals surface area contributed by atoms with Crippen LogP contribution in [-0.2, 0) is 23.2 Å². The van der Waals surface area contributed by atoms with Crippen molar-refractivity contribution in [2.24, 2.45) is 13.0 Å². The molecule has 2 heterocycles. The molecule has 2 amide bonds. The van der Waals surface area contributed by atoms with Gasteiger partial charge in [-0.15, -0.1) is 0 Å². The Morgan fingerprint density at radius 1 is 1.19 bits per heavy atom. The Morgan fingerprint density at radius 3 is 2.55 bits per heavy atom. The van der Waals surface area contributed by atoms with Gasteiger partial charge in [0.25, 0.3) is 0 Å². The van der Waals surface area contributed by atoms with Gasteiger partial charge in [0.15, 0.2) is 0 Å². The second kappa shape index (κ2) is 8.94. The summed E-state index contributed by atoms with van der Waals surface area (Å²) >= 11 is 6.04. The highest BCUT2D eigenvalue weighted by molar-refractivity contribution is 6.30. The van der Waals surface area contributed by atoms with Crippen molar-refractivity contribution in [3.63, 3.8) is 0 Å². The van der Waals surface area contributed by atoms with Crippen molar-refractivity contribution in [1.82, 2.24) is 19.8 Å². The SMILES string of the molecule is Cc1ccc(CN2C[C@H](C(=O)N[C@H](c3ccc(Cl)cc3)c3nccn3C)CC2=O)cc1. The van der Waals surface area contributed by atoms with Crippen LogP contribution in [0.5, 0.6) is 0 Å². The van der Waals surface area contributed by atoms with Crippen LogP contribution in [0, 0.1) is 12.8 Å². The van der Waals surface area contributed by atoms with Crippen LogP contribution in [-0.4, -0.2) is 32.8 Å². The van der Waals surface area contributed by atoms with Crippen LogP contribution in [0.25, 0.3) is 0 Å². The molecule has 1 aliphatic heterocycles. The number of nitrogens with one attached hydrogen (secondary N) is 1. The van der Waals surface area contributed by atoms with Gasteiger partial charge in [0, 0.05) is 44.0 Å². The zero-order valence-corrected chi connectivity index (χ0v) is 18.3. The first-order valence-corrected chi connectivity index (χ1v) is 10.6. The van der Waals surface area contributed by atoms with Gasteiger partial charge < -0.3 is 14.8 Å². The molecule has 0 spiro atoms. The highest BCUT2D eigenvalue weighted by Gasteiger charge is 2.35. The quantitative estimate of drug-likeness (QED) is 0.641. The van der Waals surface area contributed by atoms with Crippen LogP contribution in [0.2, 0.25) is 5.02 Å². The van der Waals surface area contributed by atoms with E-state index in [2.05, 4.69) is 10.3 Å². The number of likely N-dealkylation sites (tertiary alicyclic amines) is 1. The van der Waals surface area contributed by atoms with E-state index in [4.69, 9.17) is 11.6 Å². The summed E-state index contributed by atoms with van der Waals surface area (Å²) in [5.74, 6) is 0.174. The van der Waals surface area contributed by atoms with Crippen molar-refractivity contribution in [2.45, 2.75) is 25.9 Å². The highest BCUT2D eigenvalue weighted by Crippen LogP contribution is 2.25. The molecule has 1 saturated heterocycles. The van der Waals surface area contributed by atoms with Crippen molar-refractivity contribution >= 4 is 23.4 Å². The van der Waals surface area contributed by atoms with Crippen molar-refractivity contribution in [3.05, 3.63) is 88.5 Å². The summed E-state index contributed by atoms with van der Waals surface area (Å²) in [6.45, 7) is 2.96. The van der Waals surface area contributed by atoms with Gasteiger partial charge in [-0.1, -0.05) is 53.6 Å². The largest absolute Gasteiger partial charge is 0.342 e. The predicted molar refractivity (Wildman–Crippen MR) is 119 cm³/mol. The Balaban J connectivity index is 1.48. The summed E-state index contributed by atoms with van der Waals surface area (Å²) in [4.78, 5) is 31.9. The Kier molecular flexibility index (Phi) is 6.09. The fourth-order valence-corrected chi connectivity index (χ4v) is 4.01. The number of benzene rings is 2. The number of halogens is 1. The molecule has 6 nitrogen and oxygen atoms in total. The van der Waals surface area contributed by atoms with Gasteiger partial charge in [-0.2, -0.15) is 0 Å². The maximum atomic E-state index is 13.1. The van der Waals surface area contributed by atoms with Gasteiger partial charge in [0.05, 0.1) is 5.92 Å². The number of carbonyl (C=O) groups excluding carboxylic acids is 2. The minimum Gasteiger partial charge on any atom is -0.342 e. The molecular formula is C24H25ClN4O2. The number of nitrogens with zero attached hydrogens (tertiary/aromatic N) is 3. The van der Waals surface area contributed by atoms with Crippen LogP contribution in [0.1, 0.15) is 35.0 Å². The number of hydrogen-bond donors (Lipinski definition) is 1. The Bertz CT molecular complexity index is 1080. The van der Waals surface area contributed by atoms with Gasteiger partial charge in [-0.05, 0) is 30.2 Å². The van der Waals surface area contributed by atoms with Crippen LogP contribution in [0.3, 0.4) is 0 Å². The number of aromatic nitrogens is 2. The Morgan fingerprint density at radius 2 is 1.90 bits per heavy atom. The van der Waals surface area contributed by atoms with E-state index in [1.165, 1.54) is 5.56 Å². The molecule has 1 fully saturated rings. The van der Waals surface area contributed by atoms with E-state index in [1.807, 2.05) is 61.1 Å². The molecular weight excluding hydrogens is 412 g/mol. The molecule has 0 saturated carbocycles. The number of rotatable bonds is 6. The summed E-state index contributed by atoms with van der Waals surface area (Å²) < 4.78 is 1.88. The van der Waals surface area contributed by atoms with E-state index in [1.54, 1.807) is 23.2 Å². The first kappa shape index (κ1) is 21.1. The topological polar surface area (TPSA) is 67.2 Å². The molecule has 3 aromatic rings. The van der Waals surface area contributed by atoms with Crippen LogP contribution >= 0.6 is 11.6 Å². The molecule has 2 atom stereocenters. The Hall–Kier alpha value is -3.12. The standard InChI is InChI=1S/C24H25ClN4O2/c1-16-3-5-17(6-4-16)14-29-15-19(13-21(29)30)24(31)27-22(23-26-11-12-28(23)2)18-7-9-20(25)10-8-18/h3-12,19,22H,13-15H2,1-2H3,(H,27,31)/t19-,22-/m1/s1. The maximum Gasteiger partial charge on any atom is 0.226 e. The molecule has 1 N–H and O–H groups in total. The summed E-state index contributed by atoms with van der Waals surface area (Å²) in [6.07, 6.45) is 3.76. The van der Waals surface area contributed by atoms with Gasteiger partial charge in [-0.3, -0.25) is 9.59 Å². The van der Waals surface area contributed by atoms with E-state index in [-0.39, 0.29) is 18.2 Å². The summed E-state index contributed by atoms with van der Waals surface area (Å²) in [5, 5.41) is 3.73. The van der Waals surface area contributed by atoms with E-state index >= 15 is 0 Å². The predicted octanol–water partition coefficient (Wildman–Crippen LogP) is 3.64. The highest BCUT2D eigenvalue weighted by atomic mass is 35.5. The monoisotopic (exact) mass is 436 g/mol. The van der Waals surface area contributed by atoms with E-state index in [0.29, 0.717) is 18.1 Å². The molecule has 2 aromatic carbocycles. The van der Waals surface area contributed by atoms with Crippen LogP contribution in [0.4, 0.5) is 0 Å². The maximum absolute atomic E-state index is 13.1. The molecule has 0 radical (unpaired) electrons. The lowest BCUT2D eigenvalue weighted by atomic mass is 10.0. The van der Waals surface area contributed by atoms with Gasteiger partial charge in [0.2, 0.25) is 11.8 Å². The third-order valence-electron chi connectivity index (χ3n) is 5.69. The molecule has 160 valence electrons. The third-order valence-corrected chi connectivity index (χ3v) is 5.94. The zero-order valence-electron chi connectivity index (χ0n) is 17.6. The molecule has 0 unspecified atom stereocenters. The fourth-order valence-electron chi connectivity index (χ4n) is 3.88.